The van der Waals surface area contributed by atoms with Crippen LogP contribution in [0.25, 0.3) is 5.65 Å². The molecule has 0 unspecified atom stereocenters. The fourth-order valence-electron chi connectivity index (χ4n) is 3.24. The maximum atomic E-state index is 12.9. The number of anilines is 1. The maximum Gasteiger partial charge on any atom is 0.264 e. The molecule has 32 heavy (non-hydrogen) atoms. The fraction of sp³-hybridized carbons (Fsp3) is 0.167. The van der Waals surface area contributed by atoms with Gasteiger partial charge in [-0.25, -0.2) is 13.4 Å². The van der Waals surface area contributed by atoms with Gasteiger partial charge in [-0.2, -0.15) is 0 Å². The zero-order valence-corrected chi connectivity index (χ0v) is 18.8. The van der Waals surface area contributed by atoms with Crippen LogP contribution >= 0.6 is 0 Å². The smallest absolute Gasteiger partial charge is 0.264 e. The van der Waals surface area contributed by atoms with Crippen LogP contribution in [0.2, 0.25) is 0 Å². The first-order chi connectivity index (χ1) is 15.2. The first-order valence-corrected chi connectivity index (χ1v) is 11.5. The quantitative estimate of drug-likeness (QED) is 0.448. The van der Waals surface area contributed by atoms with Crippen LogP contribution in [0.5, 0.6) is 5.75 Å². The molecule has 0 aliphatic rings. The van der Waals surface area contributed by atoms with Gasteiger partial charge in [-0.1, -0.05) is 17.7 Å². The van der Waals surface area contributed by atoms with Crippen LogP contribution in [0.4, 0.5) is 5.69 Å². The van der Waals surface area contributed by atoms with Gasteiger partial charge in [0, 0.05) is 19.3 Å². The fourth-order valence-corrected chi connectivity index (χ4v) is 4.44. The van der Waals surface area contributed by atoms with E-state index < -0.39 is 10.0 Å². The van der Waals surface area contributed by atoms with Crippen molar-refractivity contribution in [3.63, 3.8) is 0 Å². The first-order valence-electron chi connectivity index (χ1n) is 10.0. The summed E-state index contributed by atoms with van der Waals surface area (Å²) in [4.78, 5) is 17.0. The summed E-state index contributed by atoms with van der Waals surface area (Å²) in [5.74, 6) is 0.543. The van der Waals surface area contributed by atoms with Crippen LogP contribution in [0.3, 0.4) is 0 Å². The highest BCUT2D eigenvalue weighted by molar-refractivity contribution is 7.92. The van der Waals surface area contributed by atoms with E-state index in [1.54, 1.807) is 54.7 Å². The van der Waals surface area contributed by atoms with Crippen LogP contribution in [0.15, 0.2) is 82.6 Å². The molecule has 2 aromatic heterocycles. The molecular formula is C24H23N3O4S. The van der Waals surface area contributed by atoms with Gasteiger partial charge in [0.2, 0.25) is 0 Å². The van der Waals surface area contributed by atoms with Gasteiger partial charge in [-0.05, 0) is 67.9 Å². The SMILES string of the molecule is Cc1ccc(S(=O)(=O)N(C)c2ccc(OCc3cc(=O)n4ccc(C)cc4n3)cc2)cc1. The summed E-state index contributed by atoms with van der Waals surface area (Å²) in [6.07, 6.45) is 1.70. The Morgan fingerprint density at radius 2 is 1.62 bits per heavy atom. The Labute approximate surface area is 186 Å². The second-order valence-electron chi connectivity index (χ2n) is 7.59. The van der Waals surface area contributed by atoms with Crippen LogP contribution in [0.1, 0.15) is 16.8 Å². The van der Waals surface area contributed by atoms with Crippen LogP contribution in [-0.4, -0.2) is 24.9 Å². The minimum absolute atomic E-state index is 0.122. The highest BCUT2D eigenvalue weighted by Gasteiger charge is 2.21. The molecule has 4 aromatic rings. The summed E-state index contributed by atoms with van der Waals surface area (Å²) < 4.78 is 34.2. The van der Waals surface area contributed by atoms with Crippen molar-refractivity contribution >= 4 is 21.4 Å². The Kier molecular flexibility index (Phi) is 5.71. The van der Waals surface area contributed by atoms with Gasteiger partial charge in [-0.3, -0.25) is 13.5 Å². The topological polar surface area (TPSA) is 81.0 Å². The largest absolute Gasteiger partial charge is 0.487 e. The van der Waals surface area contributed by atoms with Crippen LogP contribution < -0.4 is 14.6 Å². The molecule has 0 atom stereocenters. The molecule has 0 fully saturated rings. The number of pyridine rings is 1. The van der Waals surface area contributed by atoms with Crippen molar-refractivity contribution in [2.75, 3.05) is 11.4 Å². The summed E-state index contributed by atoms with van der Waals surface area (Å²) >= 11 is 0. The van der Waals surface area contributed by atoms with E-state index in [1.165, 1.54) is 21.8 Å². The van der Waals surface area contributed by atoms with E-state index >= 15 is 0 Å². The maximum absolute atomic E-state index is 12.9. The lowest BCUT2D eigenvalue weighted by molar-refractivity contribution is 0.301. The number of ether oxygens (including phenoxy) is 1. The highest BCUT2D eigenvalue weighted by Crippen LogP contribution is 2.25. The number of aryl methyl sites for hydroxylation is 2. The number of rotatable bonds is 6. The lowest BCUT2D eigenvalue weighted by atomic mass is 10.2. The molecule has 0 amide bonds. The number of aromatic nitrogens is 2. The lowest BCUT2D eigenvalue weighted by Crippen LogP contribution is -2.26. The summed E-state index contributed by atoms with van der Waals surface area (Å²) in [5, 5.41) is 0. The Morgan fingerprint density at radius 3 is 2.31 bits per heavy atom. The number of benzene rings is 2. The van der Waals surface area contributed by atoms with Crippen molar-refractivity contribution in [3.8, 4) is 5.75 Å². The zero-order valence-electron chi connectivity index (χ0n) is 18.0. The second-order valence-corrected chi connectivity index (χ2v) is 9.56. The molecular weight excluding hydrogens is 426 g/mol. The van der Waals surface area contributed by atoms with Gasteiger partial charge in [-0.15, -0.1) is 0 Å². The van der Waals surface area contributed by atoms with Crippen molar-refractivity contribution in [1.82, 2.24) is 9.38 Å². The molecule has 2 heterocycles. The number of nitrogens with zero attached hydrogens (tertiary/aromatic N) is 3. The predicted molar refractivity (Wildman–Crippen MR) is 124 cm³/mol. The molecule has 7 nitrogen and oxygen atoms in total. The normalized spacial score (nSPS) is 11.5. The molecule has 0 bridgehead atoms. The predicted octanol–water partition coefficient (Wildman–Crippen LogP) is 3.72. The Morgan fingerprint density at radius 1 is 0.938 bits per heavy atom. The Balaban J connectivity index is 1.49. The molecule has 0 aliphatic heterocycles. The monoisotopic (exact) mass is 449 g/mol. The molecule has 0 saturated heterocycles. The van der Waals surface area contributed by atoms with E-state index in [2.05, 4.69) is 4.98 Å². The van der Waals surface area contributed by atoms with E-state index in [4.69, 9.17) is 4.74 Å². The second kappa shape index (κ2) is 8.47. The van der Waals surface area contributed by atoms with Crippen molar-refractivity contribution in [3.05, 3.63) is 100 Å². The highest BCUT2D eigenvalue weighted by atomic mass is 32.2. The van der Waals surface area contributed by atoms with Gasteiger partial charge in [0.1, 0.15) is 18.0 Å². The number of hydrogen-bond acceptors (Lipinski definition) is 5. The van der Waals surface area contributed by atoms with Crippen LogP contribution in [0, 0.1) is 13.8 Å². The Hall–Kier alpha value is -3.65. The molecule has 0 radical (unpaired) electrons. The molecule has 0 spiro atoms. The van der Waals surface area contributed by atoms with E-state index in [9.17, 15) is 13.2 Å². The average molecular weight is 450 g/mol. The Bertz CT molecular complexity index is 1430. The summed E-state index contributed by atoms with van der Waals surface area (Å²) in [6, 6.07) is 18.6. The third kappa shape index (κ3) is 4.36. The van der Waals surface area contributed by atoms with E-state index in [-0.39, 0.29) is 17.1 Å². The van der Waals surface area contributed by atoms with E-state index in [0.717, 1.165) is 11.1 Å². The first kappa shape index (κ1) is 21.6. The summed E-state index contributed by atoms with van der Waals surface area (Å²) in [7, 11) is -2.15. The standard InChI is InChI=1S/C24H23N3O4S/c1-17-4-10-22(11-5-17)32(29,30)26(3)20-6-8-21(9-7-20)31-16-19-15-24(28)27-13-12-18(2)14-23(27)25-19/h4-15H,16H2,1-3H3. The van der Waals surface area contributed by atoms with Crippen molar-refractivity contribution in [2.24, 2.45) is 0 Å². The molecule has 0 saturated carbocycles. The lowest BCUT2D eigenvalue weighted by Gasteiger charge is -2.20. The molecule has 2 aromatic carbocycles. The third-order valence-corrected chi connectivity index (χ3v) is 6.94. The van der Waals surface area contributed by atoms with E-state index in [1.807, 2.05) is 26.0 Å². The summed E-state index contributed by atoms with van der Waals surface area (Å²) in [5.41, 5.74) is 3.42. The van der Waals surface area contributed by atoms with E-state index in [0.29, 0.717) is 22.8 Å². The molecule has 0 aliphatic carbocycles. The number of sulfonamides is 1. The molecule has 8 heteroatoms. The number of fused-ring (bicyclic) bond motifs is 1. The minimum atomic E-state index is -3.66. The van der Waals surface area contributed by atoms with Crippen molar-refractivity contribution < 1.29 is 13.2 Å². The van der Waals surface area contributed by atoms with Crippen molar-refractivity contribution in [2.45, 2.75) is 25.3 Å². The van der Waals surface area contributed by atoms with Crippen LogP contribution in [-0.2, 0) is 16.6 Å². The summed E-state index contributed by atoms with van der Waals surface area (Å²) in [6.45, 7) is 3.97. The zero-order chi connectivity index (χ0) is 22.9. The molecule has 4 rings (SSSR count). The van der Waals surface area contributed by atoms with Gasteiger partial charge < -0.3 is 4.74 Å². The number of hydrogen-bond donors (Lipinski definition) is 0. The van der Waals surface area contributed by atoms with Gasteiger partial charge >= 0.3 is 0 Å². The van der Waals surface area contributed by atoms with Gasteiger partial charge in [0.15, 0.2) is 0 Å². The minimum Gasteiger partial charge on any atom is -0.487 e. The van der Waals surface area contributed by atoms with Crippen molar-refractivity contribution in [1.29, 1.82) is 0 Å². The molecule has 0 N–H and O–H groups in total. The van der Waals surface area contributed by atoms with Gasteiger partial charge in [0.25, 0.3) is 15.6 Å². The van der Waals surface area contributed by atoms with Gasteiger partial charge in [0.05, 0.1) is 16.3 Å². The average Bonchev–Trinajstić information content (AvgIpc) is 2.77. The third-order valence-electron chi connectivity index (χ3n) is 5.14. The molecule has 164 valence electrons.